The van der Waals surface area contributed by atoms with E-state index in [4.69, 9.17) is 0 Å². The maximum absolute atomic E-state index is 12.4. The van der Waals surface area contributed by atoms with Crippen LogP contribution in [0.25, 0.3) is 0 Å². The van der Waals surface area contributed by atoms with Gasteiger partial charge in [0.05, 0.1) is 18.8 Å². The zero-order valence-corrected chi connectivity index (χ0v) is 14.2. The highest BCUT2D eigenvalue weighted by atomic mass is 16.2. The number of hydrogen-bond acceptors (Lipinski definition) is 4. The van der Waals surface area contributed by atoms with Gasteiger partial charge in [-0.1, -0.05) is 30.3 Å². The number of amides is 1. The molecule has 132 valence electrons. The van der Waals surface area contributed by atoms with E-state index in [1.807, 2.05) is 29.1 Å². The van der Waals surface area contributed by atoms with Crippen molar-refractivity contribution >= 4 is 5.91 Å². The van der Waals surface area contributed by atoms with Crippen molar-refractivity contribution in [1.29, 1.82) is 0 Å². The van der Waals surface area contributed by atoms with Gasteiger partial charge in [-0.15, -0.1) is 0 Å². The van der Waals surface area contributed by atoms with Crippen molar-refractivity contribution in [2.24, 2.45) is 0 Å². The Kier molecular flexibility index (Phi) is 4.35. The van der Waals surface area contributed by atoms with Gasteiger partial charge in [0.1, 0.15) is 5.69 Å². The summed E-state index contributed by atoms with van der Waals surface area (Å²) in [5.74, 6) is -0.296. The van der Waals surface area contributed by atoms with Crippen LogP contribution in [0.1, 0.15) is 46.2 Å². The van der Waals surface area contributed by atoms with Gasteiger partial charge in [-0.2, -0.15) is 10.2 Å². The Hall–Kier alpha value is -3.22. The molecule has 1 aromatic carbocycles. The highest BCUT2D eigenvalue weighted by Crippen LogP contribution is 2.30. The number of carbonyl (C=O) groups excluding carboxylic acids is 1. The molecule has 2 N–H and O–H groups in total. The van der Waals surface area contributed by atoms with E-state index >= 15 is 0 Å². The molecule has 7 nitrogen and oxygen atoms in total. The molecule has 2 heterocycles. The molecule has 26 heavy (non-hydrogen) atoms. The number of nitrogens with zero attached hydrogens (tertiary/aromatic N) is 3. The van der Waals surface area contributed by atoms with Gasteiger partial charge in [-0.25, -0.2) is 5.10 Å². The Morgan fingerprint density at radius 3 is 2.85 bits per heavy atom. The summed E-state index contributed by atoms with van der Waals surface area (Å²) >= 11 is 0. The van der Waals surface area contributed by atoms with Crippen LogP contribution in [0.15, 0.2) is 53.5 Å². The van der Waals surface area contributed by atoms with Crippen LogP contribution >= 0.6 is 0 Å². The highest BCUT2D eigenvalue weighted by molar-refractivity contribution is 5.92. The van der Waals surface area contributed by atoms with Crippen LogP contribution in [-0.4, -0.2) is 25.9 Å². The minimum absolute atomic E-state index is 0.0931. The molecule has 0 fully saturated rings. The Morgan fingerprint density at radius 2 is 2.08 bits per heavy atom. The number of aromatic nitrogens is 4. The summed E-state index contributed by atoms with van der Waals surface area (Å²) in [6.45, 7) is 0.721. The van der Waals surface area contributed by atoms with Gasteiger partial charge in [-0.3, -0.25) is 14.3 Å². The molecule has 0 unspecified atom stereocenters. The molecule has 0 spiro atoms. The first-order valence-corrected chi connectivity index (χ1v) is 8.66. The molecular weight excluding hydrogens is 330 g/mol. The van der Waals surface area contributed by atoms with E-state index in [2.05, 4.69) is 32.7 Å². The first-order chi connectivity index (χ1) is 12.7. The van der Waals surface area contributed by atoms with E-state index in [0.717, 1.165) is 31.4 Å². The average Bonchev–Trinajstić information content (AvgIpc) is 3.07. The van der Waals surface area contributed by atoms with Crippen molar-refractivity contribution in [1.82, 2.24) is 25.3 Å². The van der Waals surface area contributed by atoms with Crippen LogP contribution in [0.4, 0.5) is 0 Å². The van der Waals surface area contributed by atoms with Crippen LogP contribution in [0.5, 0.6) is 0 Å². The molecule has 0 saturated heterocycles. The van der Waals surface area contributed by atoms with E-state index in [9.17, 15) is 9.59 Å². The number of benzene rings is 1. The minimum Gasteiger partial charge on any atom is -0.344 e. The molecule has 1 aliphatic rings. The summed E-state index contributed by atoms with van der Waals surface area (Å²) < 4.78 is 2.02. The van der Waals surface area contributed by atoms with Crippen LogP contribution < -0.4 is 10.9 Å². The maximum atomic E-state index is 12.4. The van der Waals surface area contributed by atoms with Gasteiger partial charge >= 0.3 is 0 Å². The number of aromatic amines is 1. The van der Waals surface area contributed by atoms with Crippen molar-refractivity contribution in [2.75, 3.05) is 0 Å². The van der Waals surface area contributed by atoms with E-state index in [1.54, 1.807) is 0 Å². The molecule has 0 aliphatic heterocycles. The number of nitrogens with one attached hydrogen (secondary N) is 2. The standard InChI is InChI=1S/C19H19N5O2/c25-18-10-9-16(22-23-18)19(26)21-15-7-4-8-17-14(15)11-20-24(17)12-13-5-2-1-3-6-13/h1-3,5-6,9-11,15H,4,7-8,12H2,(H,21,26)(H,23,25)/t15-/m1/s1. The van der Waals surface area contributed by atoms with E-state index in [0.29, 0.717) is 0 Å². The third kappa shape index (κ3) is 3.28. The van der Waals surface area contributed by atoms with Crippen LogP contribution in [0.3, 0.4) is 0 Å². The van der Waals surface area contributed by atoms with Crippen LogP contribution in [0.2, 0.25) is 0 Å². The van der Waals surface area contributed by atoms with Crippen molar-refractivity contribution in [2.45, 2.75) is 31.8 Å². The van der Waals surface area contributed by atoms with Crippen molar-refractivity contribution in [3.8, 4) is 0 Å². The van der Waals surface area contributed by atoms with E-state index in [-0.39, 0.29) is 23.2 Å². The van der Waals surface area contributed by atoms with Gasteiger partial charge in [0, 0.05) is 17.3 Å². The normalized spacial score (nSPS) is 16.1. The summed E-state index contributed by atoms with van der Waals surface area (Å²) in [5.41, 5.74) is 3.30. The zero-order valence-electron chi connectivity index (χ0n) is 14.2. The fraction of sp³-hybridized carbons (Fsp3) is 0.263. The molecule has 1 atom stereocenters. The van der Waals surface area contributed by atoms with Crippen LogP contribution in [-0.2, 0) is 13.0 Å². The number of rotatable bonds is 4. The smallest absolute Gasteiger partial charge is 0.272 e. The second kappa shape index (κ2) is 6.95. The quantitative estimate of drug-likeness (QED) is 0.751. The summed E-state index contributed by atoms with van der Waals surface area (Å²) in [5, 5.41) is 13.6. The molecule has 1 aliphatic carbocycles. The molecule has 3 aromatic rings. The second-order valence-electron chi connectivity index (χ2n) is 6.41. The number of hydrogen-bond donors (Lipinski definition) is 2. The first-order valence-electron chi connectivity index (χ1n) is 8.66. The number of H-pyrrole nitrogens is 1. The predicted molar refractivity (Wildman–Crippen MR) is 95.8 cm³/mol. The molecule has 1 amide bonds. The Labute approximate surface area is 150 Å². The fourth-order valence-corrected chi connectivity index (χ4v) is 3.36. The van der Waals surface area contributed by atoms with Gasteiger partial charge in [0.15, 0.2) is 0 Å². The summed E-state index contributed by atoms with van der Waals surface area (Å²) in [6, 6.07) is 12.8. The van der Waals surface area contributed by atoms with Crippen molar-refractivity contribution in [3.05, 3.63) is 81.5 Å². The SMILES string of the molecule is O=C(N[C@@H]1CCCc2c1cnn2Cc1ccccc1)c1ccc(=O)[nH]n1. The topological polar surface area (TPSA) is 92.7 Å². The summed E-state index contributed by atoms with van der Waals surface area (Å²) in [7, 11) is 0. The second-order valence-corrected chi connectivity index (χ2v) is 6.41. The first kappa shape index (κ1) is 16.3. The molecule has 7 heteroatoms. The average molecular weight is 349 g/mol. The Balaban J connectivity index is 1.53. The minimum atomic E-state index is -0.330. The lowest BCUT2D eigenvalue weighted by atomic mass is 9.92. The van der Waals surface area contributed by atoms with E-state index < -0.39 is 0 Å². The Morgan fingerprint density at radius 1 is 1.23 bits per heavy atom. The number of carbonyl (C=O) groups is 1. The van der Waals surface area contributed by atoms with E-state index in [1.165, 1.54) is 23.4 Å². The lowest BCUT2D eigenvalue weighted by molar-refractivity contribution is 0.0926. The lowest BCUT2D eigenvalue weighted by Crippen LogP contribution is -2.32. The number of fused-ring (bicyclic) bond motifs is 1. The third-order valence-electron chi connectivity index (χ3n) is 4.66. The highest BCUT2D eigenvalue weighted by Gasteiger charge is 2.26. The largest absolute Gasteiger partial charge is 0.344 e. The predicted octanol–water partition coefficient (Wildman–Crippen LogP) is 1.82. The van der Waals surface area contributed by atoms with Crippen molar-refractivity contribution < 1.29 is 4.79 Å². The molecule has 4 rings (SSSR count). The monoisotopic (exact) mass is 349 g/mol. The summed E-state index contributed by atoms with van der Waals surface area (Å²) in [4.78, 5) is 23.5. The molecule has 2 aromatic heterocycles. The maximum Gasteiger partial charge on any atom is 0.272 e. The molecular formula is C19H19N5O2. The Bertz CT molecular complexity index is 957. The lowest BCUT2D eigenvalue weighted by Gasteiger charge is -2.24. The van der Waals surface area contributed by atoms with Gasteiger partial charge < -0.3 is 5.32 Å². The fourth-order valence-electron chi connectivity index (χ4n) is 3.36. The van der Waals surface area contributed by atoms with Gasteiger partial charge in [-0.05, 0) is 30.9 Å². The van der Waals surface area contributed by atoms with Gasteiger partial charge in [0.25, 0.3) is 11.5 Å². The molecule has 0 bridgehead atoms. The van der Waals surface area contributed by atoms with Crippen LogP contribution in [0, 0.1) is 0 Å². The van der Waals surface area contributed by atoms with Gasteiger partial charge in [0.2, 0.25) is 0 Å². The molecule has 0 saturated carbocycles. The summed E-state index contributed by atoms with van der Waals surface area (Å²) in [6.07, 6.45) is 4.64. The molecule has 0 radical (unpaired) electrons. The third-order valence-corrected chi connectivity index (χ3v) is 4.66. The van der Waals surface area contributed by atoms with Crippen molar-refractivity contribution in [3.63, 3.8) is 0 Å². The zero-order chi connectivity index (χ0) is 17.9.